The third kappa shape index (κ3) is 4.12. The second kappa shape index (κ2) is 9.68. The van der Waals surface area contributed by atoms with Crippen molar-refractivity contribution < 1.29 is 9.59 Å². The van der Waals surface area contributed by atoms with E-state index in [1.54, 1.807) is 0 Å². The molecule has 0 radical (unpaired) electrons. The number of unbranched alkanes of at least 4 members (excludes halogenated alkanes) is 1. The second-order valence-corrected chi connectivity index (χ2v) is 9.62. The molecule has 0 saturated carbocycles. The van der Waals surface area contributed by atoms with Gasteiger partial charge in [-0.05, 0) is 41.2 Å². The Morgan fingerprint density at radius 1 is 0.892 bits per heavy atom. The standard InChI is InChI=1S/C27H28N8O2/c1-2-3-8-23-28-31-27-22(35-24(36)15-16-25(35)37)14-13-21(34(23)27)18-11-9-17(10-12-18)19-6-4-5-7-20(19)26-29-32-33-30-26/h4-7,9-12,21-22H,2-3,8,13-16H2,1H3,(H,29,30,32,33). The first-order chi connectivity index (χ1) is 18.2. The Morgan fingerprint density at radius 2 is 1.62 bits per heavy atom. The summed E-state index contributed by atoms with van der Waals surface area (Å²) in [5.74, 6) is 1.97. The molecule has 2 aliphatic heterocycles. The number of fused-ring (bicyclic) bond motifs is 1. The molecular weight excluding hydrogens is 468 g/mol. The quantitative estimate of drug-likeness (QED) is 0.383. The topological polar surface area (TPSA) is 123 Å². The average molecular weight is 497 g/mol. The van der Waals surface area contributed by atoms with Gasteiger partial charge in [-0.1, -0.05) is 61.9 Å². The highest BCUT2D eigenvalue weighted by atomic mass is 16.2. The molecule has 2 amide bonds. The van der Waals surface area contributed by atoms with Crippen LogP contribution in [0.2, 0.25) is 0 Å². The van der Waals surface area contributed by atoms with Gasteiger partial charge >= 0.3 is 0 Å². The molecule has 1 fully saturated rings. The van der Waals surface area contributed by atoms with Crippen LogP contribution in [0.5, 0.6) is 0 Å². The van der Waals surface area contributed by atoms with E-state index in [9.17, 15) is 9.59 Å². The van der Waals surface area contributed by atoms with Gasteiger partial charge in [0.1, 0.15) is 5.82 Å². The van der Waals surface area contributed by atoms with E-state index >= 15 is 0 Å². The first-order valence-corrected chi connectivity index (χ1v) is 12.9. The van der Waals surface area contributed by atoms with Gasteiger partial charge in [0.25, 0.3) is 0 Å². The number of aromatic nitrogens is 7. The Bertz CT molecular complexity index is 1410. The molecule has 2 aromatic heterocycles. The maximum Gasteiger partial charge on any atom is 0.230 e. The van der Waals surface area contributed by atoms with Gasteiger partial charge in [-0.15, -0.1) is 20.4 Å². The number of imide groups is 1. The summed E-state index contributed by atoms with van der Waals surface area (Å²) in [5.41, 5.74) is 4.14. The molecule has 4 heterocycles. The third-order valence-electron chi connectivity index (χ3n) is 7.39. The second-order valence-electron chi connectivity index (χ2n) is 9.62. The van der Waals surface area contributed by atoms with Crippen molar-refractivity contribution in [3.8, 4) is 22.5 Å². The zero-order chi connectivity index (χ0) is 25.4. The summed E-state index contributed by atoms with van der Waals surface area (Å²) >= 11 is 0. The molecule has 0 bridgehead atoms. The fraction of sp³-hybridized carbons (Fsp3) is 0.370. The smallest absolute Gasteiger partial charge is 0.230 e. The molecule has 188 valence electrons. The van der Waals surface area contributed by atoms with Gasteiger partial charge < -0.3 is 4.57 Å². The van der Waals surface area contributed by atoms with Crippen molar-refractivity contribution in [3.05, 3.63) is 65.7 Å². The van der Waals surface area contributed by atoms with Gasteiger partial charge in [0, 0.05) is 24.8 Å². The monoisotopic (exact) mass is 496 g/mol. The van der Waals surface area contributed by atoms with Gasteiger partial charge in [0.15, 0.2) is 5.82 Å². The highest BCUT2D eigenvalue weighted by molar-refractivity contribution is 6.02. The zero-order valence-electron chi connectivity index (χ0n) is 20.7. The molecular formula is C27H28N8O2. The molecule has 4 aromatic rings. The van der Waals surface area contributed by atoms with Crippen LogP contribution in [0.1, 0.15) is 74.7 Å². The average Bonchev–Trinajstić information content (AvgIpc) is 3.68. The minimum Gasteiger partial charge on any atom is -0.306 e. The predicted octanol–water partition coefficient (Wildman–Crippen LogP) is 4.04. The molecule has 6 rings (SSSR count). The number of aryl methyl sites for hydroxylation is 1. The number of benzene rings is 2. The highest BCUT2D eigenvalue weighted by Crippen LogP contribution is 2.41. The van der Waals surface area contributed by atoms with Crippen molar-refractivity contribution in [2.75, 3.05) is 0 Å². The maximum atomic E-state index is 12.5. The van der Waals surface area contributed by atoms with Crippen LogP contribution in [-0.4, -0.2) is 52.1 Å². The summed E-state index contributed by atoms with van der Waals surface area (Å²) in [5, 5.41) is 23.6. The van der Waals surface area contributed by atoms with Crippen LogP contribution < -0.4 is 0 Å². The highest BCUT2D eigenvalue weighted by Gasteiger charge is 2.42. The van der Waals surface area contributed by atoms with Crippen molar-refractivity contribution in [3.63, 3.8) is 0 Å². The number of tetrazole rings is 1. The van der Waals surface area contributed by atoms with Crippen molar-refractivity contribution in [1.29, 1.82) is 0 Å². The van der Waals surface area contributed by atoms with Gasteiger partial charge in [0.05, 0.1) is 12.1 Å². The Labute approximate surface area is 214 Å². The zero-order valence-corrected chi connectivity index (χ0v) is 20.7. The van der Waals surface area contributed by atoms with E-state index < -0.39 is 0 Å². The molecule has 10 nitrogen and oxygen atoms in total. The number of hydrogen-bond donors (Lipinski definition) is 1. The lowest BCUT2D eigenvalue weighted by Gasteiger charge is -2.35. The summed E-state index contributed by atoms with van der Waals surface area (Å²) in [4.78, 5) is 26.5. The predicted molar refractivity (Wildman–Crippen MR) is 135 cm³/mol. The van der Waals surface area contributed by atoms with Crippen LogP contribution in [0.3, 0.4) is 0 Å². The van der Waals surface area contributed by atoms with E-state index in [0.29, 0.717) is 12.2 Å². The largest absolute Gasteiger partial charge is 0.306 e. The number of likely N-dealkylation sites (tertiary alicyclic amines) is 1. The van der Waals surface area contributed by atoms with Crippen LogP contribution in [0.15, 0.2) is 48.5 Å². The lowest BCUT2D eigenvalue weighted by molar-refractivity contribution is -0.142. The van der Waals surface area contributed by atoms with E-state index in [-0.39, 0.29) is 36.7 Å². The van der Waals surface area contributed by atoms with E-state index in [4.69, 9.17) is 0 Å². The van der Waals surface area contributed by atoms with E-state index in [2.05, 4.69) is 72.6 Å². The van der Waals surface area contributed by atoms with Crippen LogP contribution in [0.25, 0.3) is 22.5 Å². The molecule has 0 aliphatic carbocycles. The Kier molecular flexibility index (Phi) is 6.07. The number of aromatic amines is 1. The summed E-state index contributed by atoms with van der Waals surface area (Å²) in [6.45, 7) is 2.15. The van der Waals surface area contributed by atoms with E-state index in [1.807, 2.05) is 18.2 Å². The number of nitrogens with zero attached hydrogens (tertiary/aromatic N) is 7. The number of amides is 2. The minimum absolute atomic E-state index is 0.0439. The van der Waals surface area contributed by atoms with Crippen LogP contribution >= 0.6 is 0 Å². The van der Waals surface area contributed by atoms with Gasteiger partial charge in [-0.3, -0.25) is 14.5 Å². The number of nitrogens with one attached hydrogen (secondary N) is 1. The Hall–Kier alpha value is -4.21. The molecule has 10 heteroatoms. The molecule has 0 spiro atoms. The minimum atomic E-state index is -0.345. The Balaban J connectivity index is 1.35. The van der Waals surface area contributed by atoms with Crippen molar-refractivity contribution in [2.24, 2.45) is 0 Å². The fourth-order valence-corrected chi connectivity index (χ4v) is 5.58. The molecule has 37 heavy (non-hydrogen) atoms. The number of carbonyl (C=O) groups excluding carboxylic acids is 2. The van der Waals surface area contributed by atoms with Crippen molar-refractivity contribution >= 4 is 11.8 Å². The fourth-order valence-electron chi connectivity index (χ4n) is 5.58. The first-order valence-electron chi connectivity index (χ1n) is 12.9. The third-order valence-corrected chi connectivity index (χ3v) is 7.39. The number of H-pyrrole nitrogens is 1. The molecule has 1 N–H and O–H groups in total. The molecule has 2 aliphatic rings. The van der Waals surface area contributed by atoms with Crippen LogP contribution in [0.4, 0.5) is 0 Å². The van der Waals surface area contributed by atoms with Crippen LogP contribution in [-0.2, 0) is 16.0 Å². The number of hydrogen-bond acceptors (Lipinski definition) is 7. The normalized spacial score (nSPS) is 19.4. The lowest BCUT2D eigenvalue weighted by Crippen LogP contribution is -2.38. The van der Waals surface area contributed by atoms with Gasteiger partial charge in [-0.2, -0.15) is 5.21 Å². The number of carbonyl (C=O) groups is 2. The van der Waals surface area contributed by atoms with Gasteiger partial charge in [0.2, 0.25) is 17.6 Å². The van der Waals surface area contributed by atoms with Crippen molar-refractivity contribution in [2.45, 2.75) is 64.0 Å². The maximum absolute atomic E-state index is 12.5. The van der Waals surface area contributed by atoms with Gasteiger partial charge in [-0.25, -0.2) is 0 Å². The summed E-state index contributed by atoms with van der Waals surface area (Å²) in [6.07, 6.45) is 4.90. The van der Waals surface area contributed by atoms with E-state index in [0.717, 1.165) is 59.6 Å². The number of rotatable bonds is 7. The first kappa shape index (κ1) is 23.2. The van der Waals surface area contributed by atoms with E-state index in [1.165, 1.54) is 4.90 Å². The van der Waals surface area contributed by atoms with Crippen LogP contribution in [0, 0.1) is 0 Å². The van der Waals surface area contributed by atoms with Crippen molar-refractivity contribution in [1.82, 2.24) is 40.3 Å². The summed E-state index contributed by atoms with van der Waals surface area (Å²) in [6, 6.07) is 16.2. The molecule has 2 aromatic carbocycles. The summed E-state index contributed by atoms with van der Waals surface area (Å²) in [7, 11) is 0. The SMILES string of the molecule is CCCCc1nnc2n1C(c1ccc(-c3ccccc3-c3nn[nH]n3)cc1)CCC2N1C(=O)CCC1=O. The molecule has 2 atom stereocenters. The molecule has 2 unspecified atom stereocenters. The summed E-state index contributed by atoms with van der Waals surface area (Å²) < 4.78 is 2.19. The Morgan fingerprint density at radius 3 is 2.32 bits per heavy atom. The lowest BCUT2D eigenvalue weighted by atomic mass is 9.91. The molecule has 1 saturated heterocycles.